The van der Waals surface area contributed by atoms with E-state index in [2.05, 4.69) is 12.1 Å². The predicted molar refractivity (Wildman–Crippen MR) is 135 cm³/mol. The van der Waals surface area contributed by atoms with Gasteiger partial charge in [-0.25, -0.2) is 4.79 Å². The lowest BCUT2D eigenvalue weighted by Crippen LogP contribution is -2.54. The van der Waals surface area contributed by atoms with Crippen molar-refractivity contribution in [1.82, 2.24) is 9.80 Å². The number of nitrogens with zero attached hydrogens (tertiary/aromatic N) is 2. The van der Waals surface area contributed by atoms with Crippen LogP contribution in [0.25, 0.3) is 0 Å². The summed E-state index contributed by atoms with van der Waals surface area (Å²) in [6.45, 7) is 7.64. The van der Waals surface area contributed by atoms with Crippen LogP contribution in [-0.2, 0) is 22.1 Å². The maximum atomic E-state index is 13.4. The first-order chi connectivity index (χ1) is 17.4. The summed E-state index contributed by atoms with van der Waals surface area (Å²) in [7, 11) is 0. The molecule has 8 heteroatoms. The standard InChI is InChI=1S/C29H35F3N2O3/c1-27(2,3)37-26(36)34-18-15-28(24(20-34)21-9-5-4-6-10-21)13-16-33(17-14-28)25(35)19-22-11-7-8-12-23(22)29(30,31)32/h4-12,24H,13-20H2,1-3H3. The number of likely N-dealkylation sites (tertiary alicyclic amines) is 2. The molecule has 0 saturated carbocycles. The van der Waals surface area contributed by atoms with Gasteiger partial charge in [0.05, 0.1) is 12.0 Å². The van der Waals surface area contributed by atoms with E-state index in [-0.39, 0.29) is 35.3 Å². The van der Waals surface area contributed by atoms with Crippen LogP contribution in [0.1, 0.15) is 62.6 Å². The second-order valence-electron chi connectivity index (χ2n) is 11.2. The van der Waals surface area contributed by atoms with E-state index in [1.54, 1.807) is 9.80 Å². The Morgan fingerprint density at radius 2 is 1.46 bits per heavy atom. The van der Waals surface area contributed by atoms with E-state index >= 15 is 0 Å². The first kappa shape index (κ1) is 27.0. The van der Waals surface area contributed by atoms with E-state index in [9.17, 15) is 22.8 Å². The SMILES string of the molecule is CC(C)(C)OC(=O)N1CCC2(CCN(C(=O)Cc3ccccc3C(F)(F)F)CC2)C(c2ccccc2)C1. The molecule has 0 aliphatic carbocycles. The summed E-state index contributed by atoms with van der Waals surface area (Å²) in [5.41, 5.74) is -0.274. The molecule has 0 aromatic heterocycles. The van der Waals surface area contributed by atoms with Crippen LogP contribution < -0.4 is 0 Å². The number of carbonyl (C=O) groups is 2. The molecule has 2 amide bonds. The number of ether oxygens (including phenoxy) is 1. The minimum atomic E-state index is -4.49. The Kier molecular flexibility index (Phi) is 7.58. The van der Waals surface area contributed by atoms with Gasteiger partial charge in [0.15, 0.2) is 0 Å². The van der Waals surface area contributed by atoms with Gasteiger partial charge in [-0.05, 0) is 62.6 Å². The zero-order valence-corrected chi connectivity index (χ0v) is 21.7. The Hall–Kier alpha value is -3.03. The van der Waals surface area contributed by atoms with Crippen LogP contribution in [0.2, 0.25) is 0 Å². The average Bonchev–Trinajstić information content (AvgIpc) is 2.84. The third-order valence-corrected chi connectivity index (χ3v) is 7.65. The van der Waals surface area contributed by atoms with Crippen molar-refractivity contribution in [3.8, 4) is 0 Å². The normalized spacial score (nSPS) is 20.1. The number of amides is 2. The van der Waals surface area contributed by atoms with Gasteiger partial charge in [0.1, 0.15) is 5.60 Å². The Balaban J connectivity index is 1.48. The van der Waals surface area contributed by atoms with Gasteiger partial charge in [-0.15, -0.1) is 0 Å². The van der Waals surface area contributed by atoms with Crippen LogP contribution in [0.4, 0.5) is 18.0 Å². The highest BCUT2D eigenvalue weighted by Gasteiger charge is 2.47. The van der Waals surface area contributed by atoms with Crippen LogP contribution in [-0.4, -0.2) is 53.6 Å². The van der Waals surface area contributed by atoms with Crippen LogP contribution >= 0.6 is 0 Å². The highest BCUT2D eigenvalue weighted by Crippen LogP contribution is 2.50. The fraction of sp³-hybridized carbons (Fsp3) is 0.517. The van der Waals surface area contributed by atoms with Crippen LogP contribution in [0.3, 0.4) is 0 Å². The van der Waals surface area contributed by atoms with Gasteiger partial charge in [0, 0.05) is 32.1 Å². The molecule has 5 nitrogen and oxygen atoms in total. The van der Waals surface area contributed by atoms with E-state index < -0.39 is 17.3 Å². The number of hydrogen-bond donors (Lipinski definition) is 0. The lowest BCUT2D eigenvalue weighted by atomic mass is 9.62. The van der Waals surface area contributed by atoms with E-state index in [0.29, 0.717) is 26.2 Å². The molecule has 1 unspecified atom stereocenters. The molecule has 0 bridgehead atoms. The van der Waals surface area contributed by atoms with E-state index in [4.69, 9.17) is 4.74 Å². The summed E-state index contributed by atoms with van der Waals surface area (Å²) in [6.07, 6.45) is -2.82. The molecular weight excluding hydrogens is 481 g/mol. The molecule has 2 fully saturated rings. The van der Waals surface area contributed by atoms with Gasteiger partial charge in [0.2, 0.25) is 5.91 Å². The number of halogens is 3. The van der Waals surface area contributed by atoms with Crippen molar-refractivity contribution in [3.63, 3.8) is 0 Å². The minimum absolute atomic E-state index is 0.00752. The van der Waals surface area contributed by atoms with Gasteiger partial charge in [-0.3, -0.25) is 4.79 Å². The van der Waals surface area contributed by atoms with Crippen molar-refractivity contribution >= 4 is 12.0 Å². The van der Waals surface area contributed by atoms with Crippen molar-refractivity contribution in [2.45, 2.75) is 64.1 Å². The molecule has 0 N–H and O–H groups in total. The first-order valence-electron chi connectivity index (χ1n) is 12.8. The summed E-state index contributed by atoms with van der Waals surface area (Å²) < 4.78 is 45.8. The van der Waals surface area contributed by atoms with Crippen molar-refractivity contribution in [2.75, 3.05) is 26.2 Å². The van der Waals surface area contributed by atoms with E-state index in [1.165, 1.54) is 18.2 Å². The van der Waals surface area contributed by atoms with Gasteiger partial charge >= 0.3 is 12.3 Å². The Labute approximate surface area is 216 Å². The molecule has 2 aliphatic rings. The summed E-state index contributed by atoms with van der Waals surface area (Å²) >= 11 is 0. The summed E-state index contributed by atoms with van der Waals surface area (Å²) in [5, 5.41) is 0. The number of rotatable bonds is 3. The molecule has 2 saturated heterocycles. The smallest absolute Gasteiger partial charge is 0.416 e. The van der Waals surface area contributed by atoms with Gasteiger partial charge in [-0.2, -0.15) is 13.2 Å². The molecule has 2 aromatic carbocycles. The van der Waals surface area contributed by atoms with Crippen molar-refractivity contribution in [3.05, 3.63) is 71.3 Å². The van der Waals surface area contributed by atoms with Crippen molar-refractivity contribution < 1.29 is 27.5 Å². The molecule has 37 heavy (non-hydrogen) atoms. The monoisotopic (exact) mass is 516 g/mol. The third-order valence-electron chi connectivity index (χ3n) is 7.65. The number of alkyl halides is 3. The Morgan fingerprint density at radius 1 is 0.892 bits per heavy atom. The lowest BCUT2D eigenvalue weighted by molar-refractivity contribution is -0.139. The van der Waals surface area contributed by atoms with Gasteiger partial charge in [0.25, 0.3) is 0 Å². The van der Waals surface area contributed by atoms with Gasteiger partial charge < -0.3 is 14.5 Å². The maximum Gasteiger partial charge on any atom is 0.416 e. The largest absolute Gasteiger partial charge is 0.444 e. The van der Waals surface area contributed by atoms with Crippen molar-refractivity contribution in [1.29, 1.82) is 0 Å². The van der Waals surface area contributed by atoms with E-state index in [0.717, 1.165) is 30.9 Å². The zero-order valence-electron chi connectivity index (χ0n) is 21.7. The van der Waals surface area contributed by atoms with Crippen LogP contribution in [0.5, 0.6) is 0 Å². The molecule has 1 spiro atoms. The molecule has 4 rings (SSSR count). The molecular formula is C29H35F3N2O3. The summed E-state index contributed by atoms with van der Waals surface area (Å²) in [6, 6.07) is 15.4. The molecule has 2 aromatic rings. The van der Waals surface area contributed by atoms with E-state index in [1.807, 2.05) is 39.0 Å². The first-order valence-corrected chi connectivity index (χ1v) is 12.8. The van der Waals surface area contributed by atoms with Crippen LogP contribution in [0, 0.1) is 5.41 Å². The second-order valence-corrected chi connectivity index (χ2v) is 11.2. The fourth-order valence-corrected chi connectivity index (χ4v) is 5.70. The fourth-order valence-electron chi connectivity index (χ4n) is 5.70. The lowest BCUT2D eigenvalue weighted by Gasteiger charge is -2.52. The Bertz CT molecular complexity index is 1100. The second kappa shape index (κ2) is 10.4. The highest BCUT2D eigenvalue weighted by molar-refractivity contribution is 5.79. The third kappa shape index (κ3) is 6.28. The number of benzene rings is 2. The topological polar surface area (TPSA) is 49.9 Å². The zero-order chi connectivity index (χ0) is 26.8. The quantitative estimate of drug-likeness (QED) is 0.482. The summed E-state index contributed by atoms with van der Waals surface area (Å²) in [4.78, 5) is 29.4. The molecule has 1 atom stereocenters. The number of carbonyl (C=O) groups excluding carboxylic acids is 2. The molecule has 0 radical (unpaired) electrons. The molecule has 2 heterocycles. The molecule has 200 valence electrons. The summed E-state index contributed by atoms with van der Waals surface area (Å²) in [5.74, 6) is -0.202. The average molecular weight is 517 g/mol. The molecule has 2 aliphatic heterocycles. The number of hydrogen-bond acceptors (Lipinski definition) is 3. The minimum Gasteiger partial charge on any atom is -0.444 e. The predicted octanol–water partition coefficient (Wildman–Crippen LogP) is 6.28. The van der Waals surface area contributed by atoms with Crippen LogP contribution in [0.15, 0.2) is 54.6 Å². The number of piperidine rings is 2. The van der Waals surface area contributed by atoms with Crippen molar-refractivity contribution in [2.24, 2.45) is 5.41 Å². The maximum absolute atomic E-state index is 13.4. The Morgan fingerprint density at radius 3 is 2.05 bits per heavy atom. The highest BCUT2D eigenvalue weighted by atomic mass is 19.4. The van der Waals surface area contributed by atoms with Gasteiger partial charge in [-0.1, -0.05) is 48.5 Å².